The molecule has 1 amide bonds. The van der Waals surface area contributed by atoms with E-state index in [0.29, 0.717) is 11.4 Å². The molecule has 0 radical (unpaired) electrons. The number of benzene rings is 2. The van der Waals surface area contributed by atoms with Crippen molar-refractivity contribution in [1.29, 1.82) is 0 Å². The fourth-order valence-corrected chi connectivity index (χ4v) is 3.90. The summed E-state index contributed by atoms with van der Waals surface area (Å²) < 4.78 is 41.6. The summed E-state index contributed by atoms with van der Waals surface area (Å²) in [6.07, 6.45) is 0.918. The number of nitrogens with one attached hydrogen (secondary N) is 1. The van der Waals surface area contributed by atoms with Crippen molar-refractivity contribution in [3.63, 3.8) is 0 Å². The Kier molecular flexibility index (Phi) is 5.79. The highest BCUT2D eigenvalue weighted by Gasteiger charge is 2.24. The molecule has 1 aromatic heterocycles. The van der Waals surface area contributed by atoms with Crippen LogP contribution in [0, 0.1) is 12.7 Å². The van der Waals surface area contributed by atoms with Crippen LogP contribution < -0.4 is 15.2 Å². The van der Waals surface area contributed by atoms with Crippen LogP contribution in [0.4, 0.5) is 15.8 Å². The lowest BCUT2D eigenvalue weighted by Crippen LogP contribution is -2.38. The highest BCUT2D eigenvalue weighted by atomic mass is 32.2. The topological polar surface area (TPSA) is 93.4 Å². The quantitative estimate of drug-likeness (QED) is 0.645. The molecule has 8 nitrogen and oxygen atoms in total. The van der Waals surface area contributed by atoms with E-state index in [2.05, 4.69) is 5.32 Å². The van der Waals surface area contributed by atoms with Gasteiger partial charge in [-0.1, -0.05) is 24.3 Å². The Balaban J connectivity index is 1.91. The van der Waals surface area contributed by atoms with Gasteiger partial charge in [-0.2, -0.15) is 0 Å². The minimum absolute atomic E-state index is 0.0131. The fraction of sp³-hybridized carbons (Fsp3) is 0.200. The number of carbonyl (C=O) groups is 1. The van der Waals surface area contributed by atoms with E-state index in [1.165, 1.54) is 22.9 Å². The minimum Gasteiger partial charge on any atom is -0.318 e. The number of sulfonamides is 1. The Labute approximate surface area is 173 Å². The number of hydrogen-bond acceptors (Lipinski definition) is 4. The molecule has 3 aromatic rings. The molecule has 1 heterocycles. The minimum atomic E-state index is -3.87. The van der Waals surface area contributed by atoms with Crippen molar-refractivity contribution in [2.45, 2.75) is 6.92 Å². The molecule has 0 saturated heterocycles. The van der Waals surface area contributed by atoms with Crippen molar-refractivity contribution in [2.75, 3.05) is 22.4 Å². The monoisotopic (exact) mass is 432 g/mol. The van der Waals surface area contributed by atoms with Gasteiger partial charge in [-0.15, -0.1) is 0 Å². The lowest BCUT2D eigenvalue weighted by Gasteiger charge is -2.21. The Morgan fingerprint density at radius 3 is 2.40 bits per heavy atom. The number of para-hydroxylation sites is 1. The molecular weight excluding hydrogens is 411 g/mol. The van der Waals surface area contributed by atoms with Crippen LogP contribution in [-0.2, 0) is 21.9 Å². The van der Waals surface area contributed by atoms with Gasteiger partial charge in [0.25, 0.3) is 5.56 Å². The zero-order chi connectivity index (χ0) is 22.1. The van der Waals surface area contributed by atoms with E-state index in [4.69, 9.17) is 0 Å². The lowest BCUT2D eigenvalue weighted by atomic mass is 10.3. The zero-order valence-electron chi connectivity index (χ0n) is 16.7. The van der Waals surface area contributed by atoms with E-state index in [0.717, 1.165) is 16.6 Å². The normalized spacial score (nSPS) is 11.3. The molecule has 158 valence electrons. The third-order valence-corrected chi connectivity index (χ3v) is 5.74. The number of nitrogens with zero attached hydrogens (tertiary/aromatic N) is 3. The van der Waals surface area contributed by atoms with Crippen LogP contribution in [0.5, 0.6) is 0 Å². The fourth-order valence-electron chi connectivity index (χ4n) is 3.05. The van der Waals surface area contributed by atoms with E-state index in [-0.39, 0.29) is 11.4 Å². The molecule has 0 spiro atoms. The predicted octanol–water partition coefficient (Wildman–Crippen LogP) is 2.03. The molecule has 0 atom stereocenters. The zero-order valence-corrected chi connectivity index (χ0v) is 17.5. The molecule has 0 aliphatic heterocycles. The van der Waals surface area contributed by atoms with Gasteiger partial charge in [0.2, 0.25) is 15.9 Å². The SMILES string of the molecule is Cc1c(NC(=O)CN(c2cccc(F)c2)S(C)(=O)=O)c(=O)n(-c2ccccc2)n1C. The van der Waals surface area contributed by atoms with Gasteiger partial charge in [-0.25, -0.2) is 17.5 Å². The van der Waals surface area contributed by atoms with E-state index < -0.39 is 33.9 Å². The van der Waals surface area contributed by atoms with Crippen LogP contribution >= 0.6 is 0 Å². The smallest absolute Gasteiger partial charge is 0.295 e. The number of anilines is 2. The van der Waals surface area contributed by atoms with Crippen molar-refractivity contribution in [3.05, 3.63) is 76.5 Å². The number of aromatic nitrogens is 2. The third kappa shape index (κ3) is 4.28. The average Bonchev–Trinajstić information content (AvgIpc) is 2.89. The highest BCUT2D eigenvalue weighted by Crippen LogP contribution is 2.19. The van der Waals surface area contributed by atoms with Gasteiger partial charge < -0.3 is 5.32 Å². The molecular formula is C20H21FN4O4S. The van der Waals surface area contributed by atoms with Gasteiger partial charge >= 0.3 is 0 Å². The summed E-state index contributed by atoms with van der Waals surface area (Å²) >= 11 is 0. The first kappa shape index (κ1) is 21.3. The summed E-state index contributed by atoms with van der Waals surface area (Å²) in [5.41, 5.74) is 0.712. The lowest BCUT2D eigenvalue weighted by molar-refractivity contribution is -0.114. The number of carbonyl (C=O) groups excluding carboxylic acids is 1. The summed E-state index contributed by atoms with van der Waals surface area (Å²) in [7, 11) is -2.20. The first-order valence-electron chi connectivity index (χ1n) is 8.96. The molecule has 0 aliphatic rings. The molecule has 0 fully saturated rings. The van der Waals surface area contributed by atoms with Crippen molar-refractivity contribution < 1.29 is 17.6 Å². The average molecular weight is 432 g/mol. The number of amides is 1. The summed E-state index contributed by atoms with van der Waals surface area (Å²) in [6.45, 7) is 1.05. The van der Waals surface area contributed by atoms with Gasteiger partial charge in [-0.3, -0.25) is 18.6 Å². The molecule has 2 aromatic carbocycles. The van der Waals surface area contributed by atoms with Crippen molar-refractivity contribution >= 4 is 27.3 Å². The maximum Gasteiger partial charge on any atom is 0.295 e. The summed E-state index contributed by atoms with van der Waals surface area (Å²) in [5.74, 6) is -1.36. The second kappa shape index (κ2) is 8.15. The van der Waals surface area contributed by atoms with Crippen molar-refractivity contribution in [2.24, 2.45) is 7.05 Å². The summed E-state index contributed by atoms with van der Waals surface area (Å²) in [4.78, 5) is 25.5. The van der Waals surface area contributed by atoms with Gasteiger partial charge in [0.05, 0.1) is 23.3 Å². The second-order valence-electron chi connectivity index (χ2n) is 6.73. The third-order valence-electron chi connectivity index (χ3n) is 4.60. The van der Waals surface area contributed by atoms with Crippen LogP contribution in [-0.4, -0.2) is 36.5 Å². The number of hydrogen-bond donors (Lipinski definition) is 1. The largest absolute Gasteiger partial charge is 0.318 e. The van der Waals surface area contributed by atoms with Crippen molar-refractivity contribution in [3.8, 4) is 5.69 Å². The van der Waals surface area contributed by atoms with Gasteiger partial charge in [-0.05, 0) is 37.3 Å². The van der Waals surface area contributed by atoms with Crippen molar-refractivity contribution in [1.82, 2.24) is 9.36 Å². The maximum atomic E-state index is 13.5. The first-order valence-corrected chi connectivity index (χ1v) is 10.8. The number of rotatable bonds is 6. The highest BCUT2D eigenvalue weighted by molar-refractivity contribution is 7.92. The Bertz CT molecular complexity index is 1250. The van der Waals surface area contributed by atoms with Gasteiger partial charge in [0.1, 0.15) is 18.0 Å². The molecule has 30 heavy (non-hydrogen) atoms. The summed E-state index contributed by atoms with van der Waals surface area (Å²) in [5, 5.41) is 2.50. The maximum absolute atomic E-state index is 13.5. The summed E-state index contributed by atoms with van der Waals surface area (Å²) in [6, 6.07) is 13.8. The predicted molar refractivity (Wildman–Crippen MR) is 113 cm³/mol. The molecule has 0 bridgehead atoms. The Morgan fingerprint density at radius 2 is 1.80 bits per heavy atom. The van der Waals surface area contributed by atoms with Crippen LogP contribution in [0.3, 0.4) is 0 Å². The molecule has 10 heteroatoms. The van der Waals surface area contributed by atoms with Crippen LogP contribution in [0.1, 0.15) is 5.69 Å². The second-order valence-corrected chi connectivity index (χ2v) is 8.64. The van der Waals surface area contributed by atoms with Crippen LogP contribution in [0.15, 0.2) is 59.4 Å². The first-order chi connectivity index (χ1) is 14.1. The van der Waals surface area contributed by atoms with Gasteiger partial charge in [0.15, 0.2) is 0 Å². The van der Waals surface area contributed by atoms with Crippen LogP contribution in [0.25, 0.3) is 5.69 Å². The standard InChI is InChI=1S/C20H21FN4O4S/c1-14-19(20(27)25(23(14)2)16-9-5-4-6-10-16)22-18(26)13-24(30(3,28)29)17-11-7-8-15(21)12-17/h4-12H,13H2,1-3H3,(H,22,26). The van der Waals surface area contributed by atoms with E-state index in [1.54, 1.807) is 42.9 Å². The van der Waals surface area contributed by atoms with Gasteiger partial charge in [0, 0.05) is 7.05 Å². The van der Waals surface area contributed by atoms with E-state index in [9.17, 15) is 22.4 Å². The molecule has 1 N–H and O–H groups in total. The molecule has 0 aliphatic carbocycles. The Hall–Kier alpha value is -3.40. The van der Waals surface area contributed by atoms with E-state index >= 15 is 0 Å². The molecule has 3 rings (SSSR count). The number of halogens is 1. The Morgan fingerprint density at radius 1 is 1.13 bits per heavy atom. The van der Waals surface area contributed by atoms with E-state index in [1.807, 2.05) is 6.07 Å². The molecule has 0 unspecified atom stereocenters. The molecule has 0 saturated carbocycles. The van der Waals surface area contributed by atoms with Crippen LogP contribution in [0.2, 0.25) is 0 Å².